The zero-order valence-electron chi connectivity index (χ0n) is 16.1. The number of anilines is 2. The van der Waals surface area contributed by atoms with Crippen LogP contribution < -0.4 is 20.6 Å². The van der Waals surface area contributed by atoms with Gasteiger partial charge in [-0.2, -0.15) is 9.13 Å². The van der Waals surface area contributed by atoms with E-state index in [1.807, 2.05) is 36.4 Å². The second-order valence-electron chi connectivity index (χ2n) is 6.84. The monoisotopic (exact) mass is 428 g/mol. The molecule has 4 nitrogen and oxygen atoms in total. The smallest absolute Gasteiger partial charge is 0.277 e. The van der Waals surface area contributed by atoms with Crippen LogP contribution in [0.4, 0.5) is 10.3 Å². The summed E-state index contributed by atoms with van der Waals surface area (Å²) in [5.41, 5.74) is 19.1. The molecule has 3 aromatic carbocycles. The second-order valence-corrected chi connectivity index (χ2v) is 8.62. The molecule has 0 amide bonds. The number of para-hydroxylation sites is 2. The normalized spacial score (nSPS) is 10.9. The molecule has 0 aliphatic rings. The number of thiazole rings is 2. The van der Waals surface area contributed by atoms with Crippen LogP contribution in [-0.2, 0) is 0 Å². The predicted molar refractivity (Wildman–Crippen MR) is 125 cm³/mol. The summed E-state index contributed by atoms with van der Waals surface area (Å²) in [4.78, 5) is 0. The van der Waals surface area contributed by atoms with E-state index in [-0.39, 0.29) is 0 Å². The van der Waals surface area contributed by atoms with Crippen LogP contribution in [0.1, 0.15) is 0 Å². The average Bonchev–Trinajstić information content (AvgIpc) is 3.38. The van der Waals surface area contributed by atoms with Crippen molar-refractivity contribution in [3.63, 3.8) is 0 Å². The number of nitrogen functional groups attached to an aromatic ring is 2. The molecule has 0 fully saturated rings. The van der Waals surface area contributed by atoms with Crippen LogP contribution in [0.2, 0.25) is 0 Å². The highest BCUT2D eigenvalue weighted by atomic mass is 32.1. The van der Waals surface area contributed by atoms with Crippen LogP contribution in [0.25, 0.3) is 33.9 Å². The third-order valence-corrected chi connectivity index (χ3v) is 6.54. The summed E-state index contributed by atoms with van der Waals surface area (Å²) in [5.74, 6) is 0. The molecule has 0 saturated carbocycles. The molecule has 6 heteroatoms. The van der Waals surface area contributed by atoms with Crippen LogP contribution >= 0.6 is 22.7 Å². The van der Waals surface area contributed by atoms with Crippen molar-refractivity contribution in [3.8, 4) is 33.9 Å². The fourth-order valence-corrected chi connectivity index (χ4v) is 5.14. The lowest BCUT2D eigenvalue weighted by Gasteiger charge is -2.06. The number of hydrogen-bond donors (Lipinski definition) is 2. The minimum Gasteiger partial charge on any atom is -0.277 e. The van der Waals surface area contributed by atoms with Crippen molar-refractivity contribution < 1.29 is 9.13 Å². The summed E-state index contributed by atoms with van der Waals surface area (Å²) in [6.45, 7) is 0. The third kappa shape index (κ3) is 3.26. The minimum absolute atomic E-state index is 0.757. The van der Waals surface area contributed by atoms with Crippen molar-refractivity contribution in [2.75, 3.05) is 11.5 Å². The molecule has 2 heterocycles. The van der Waals surface area contributed by atoms with E-state index in [2.05, 4.69) is 68.4 Å². The minimum atomic E-state index is 0.757. The van der Waals surface area contributed by atoms with Gasteiger partial charge in [-0.1, -0.05) is 59.1 Å². The van der Waals surface area contributed by atoms with Gasteiger partial charge >= 0.3 is 10.3 Å². The fourth-order valence-electron chi connectivity index (χ4n) is 3.57. The number of hydrogen-bond acceptors (Lipinski definition) is 4. The molecule has 5 rings (SSSR count). The first-order chi connectivity index (χ1) is 14.7. The fraction of sp³-hybridized carbons (Fsp3) is 0. The standard InChI is InChI=1S/C24H18N4S2/c25-23-27(19-7-3-1-4-8-19)21(15-29-23)17-11-13-18(14-12-17)22-16-30-24(26)28(22)20-9-5-2-6-10-20/h1-16,25-26H/p+2. The summed E-state index contributed by atoms with van der Waals surface area (Å²) in [6.07, 6.45) is 0. The lowest BCUT2D eigenvalue weighted by Crippen LogP contribution is -2.34. The van der Waals surface area contributed by atoms with Crippen LogP contribution in [0.5, 0.6) is 0 Å². The van der Waals surface area contributed by atoms with Gasteiger partial charge in [-0.3, -0.25) is 11.5 Å². The van der Waals surface area contributed by atoms with E-state index in [4.69, 9.17) is 11.5 Å². The van der Waals surface area contributed by atoms with Gasteiger partial charge in [-0.15, -0.1) is 0 Å². The zero-order chi connectivity index (χ0) is 20.5. The molecular weight excluding hydrogens is 408 g/mol. The average molecular weight is 429 g/mol. The van der Waals surface area contributed by atoms with Gasteiger partial charge < -0.3 is 0 Å². The number of rotatable bonds is 4. The second kappa shape index (κ2) is 7.74. The van der Waals surface area contributed by atoms with Gasteiger partial charge in [0.15, 0.2) is 11.4 Å². The van der Waals surface area contributed by atoms with Crippen molar-refractivity contribution in [2.45, 2.75) is 0 Å². The molecule has 5 aromatic rings. The zero-order valence-corrected chi connectivity index (χ0v) is 17.7. The van der Waals surface area contributed by atoms with Gasteiger partial charge in [-0.05, 0) is 48.5 Å². The quantitative estimate of drug-likeness (QED) is 0.402. The molecule has 4 N–H and O–H groups in total. The van der Waals surface area contributed by atoms with Gasteiger partial charge in [0.05, 0.1) is 0 Å². The van der Waals surface area contributed by atoms with Gasteiger partial charge in [0.25, 0.3) is 0 Å². The maximum atomic E-state index is 6.28. The van der Waals surface area contributed by atoms with Crippen LogP contribution in [0, 0.1) is 0 Å². The molecule has 0 unspecified atom stereocenters. The van der Waals surface area contributed by atoms with Gasteiger partial charge in [0, 0.05) is 21.9 Å². The molecule has 0 saturated heterocycles. The highest BCUT2D eigenvalue weighted by molar-refractivity contribution is 7.13. The Morgan fingerprint density at radius 2 is 0.867 bits per heavy atom. The largest absolute Gasteiger partial charge is 0.337 e. The van der Waals surface area contributed by atoms with E-state index in [1.165, 1.54) is 0 Å². The highest BCUT2D eigenvalue weighted by Gasteiger charge is 2.21. The Hall–Kier alpha value is -3.48. The molecule has 146 valence electrons. The van der Waals surface area contributed by atoms with Crippen LogP contribution in [0.15, 0.2) is 95.7 Å². The maximum Gasteiger partial charge on any atom is 0.337 e. The van der Waals surface area contributed by atoms with Gasteiger partial charge in [0.2, 0.25) is 0 Å². The van der Waals surface area contributed by atoms with E-state index >= 15 is 0 Å². The van der Waals surface area contributed by atoms with Gasteiger partial charge in [-0.25, -0.2) is 0 Å². The van der Waals surface area contributed by atoms with Crippen LogP contribution in [0.3, 0.4) is 0 Å². The topological polar surface area (TPSA) is 59.8 Å². The summed E-state index contributed by atoms with van der Waals surface area (Å²) < 4.78 is 4.18. The Morgan fingerprint density at radius 1 is 0.500 bits per heavy atom. The Bertz CT molecular complexity index is 1190. The molecule has 0 aliphatic carbocycles. The number of aromatic nitrogens is 2. The highest BCUT2D eigenvalue weighted by Crippen LogP contribution is 2.28. The van der Waals surface area contributed by atoms with Crippen molar-refractivity contribution in [3.05, 3.63) is 95.7 Å². The molecule has 0 aliphatic heterocycles. The first-order valence-corrected chi connectivity index (χ1v) is 11.3. The summed E-state index contributed by atoms with van der Waals surface area (Å²) in [6, 6.07) is 28.9. The first-order valence-electron chi connectivity index (χ1n) is 9.52. The molecule has 0 atom stereocenters. The lowest BCUT2D eigenvalue weighted by molar-refractivity contribution is -0.564. The Balaban J connectivity index is 1.55. The summed E-state index contributed by atoms with van der Waals surface area (Å²) in [5, 5.41) is 5.72. The SMILES string of the molecule is Nc1scc(-c2ccc(-c3csc(N)[n+]3-c3ccccc3)cc2)[n+]1-c1ccccc1. The van der Waals surface area contributed by atoms with Crippen molar-refractivity contribution in [2.24, 2.45) is 0 Å². The van der Waals surface area contributed by atoms with Crippen molar-refractivity contribution >= 4 is 32.9 Å². The predicted octanol–water partition coefficient (Wildman–Crippen LogP) is 4.86. The Kier molecular flexibility index (Phi) is 4.78. The van der Waals surface area contributed by atoms with E-state index in [9.17, 15) is 0 Å². The van der Waals surface area contributed by atoms with Gasteiger partial charge in [0.1, 0.15) is 11.4 Å². The van der Waals surface area contributed by atoms with E-state index in [1.54, 1.807) is 22.7 Å². The molecule has 0 spiro atoms. The number of benzene rings is 3. The first kappa shape index (κ1) is 18.5. The summed E-state index contributed by atoms with van der Waals surface area (Å²) >= 11 is 3.09. The summed E-state index contributed by atoms with van der Waals surface area (Å²) in [7, 11) is 0. The van der Waals surface area contributed by atoms with Crippen molar-refractivity contribution in [1.29, 1.82) is 0 Å². The van der Waals surface area contributed by atoms with E-state index < -0.39 is 0 Å². The third-order valence-electron chi connectivity index (χ3n) is 5.01. The maximum absolute atomic E-state index is 6.28. The molecular formula is C24H20N4S2+2. The van der Waals surface area contributed by atoms with E-state index in [0.717, 1.165) is 44.2 Å². The lowest BCUT2D eigenvalue weighted by atomic mass is 10.1. The van der Waals surface area contributed by atoms with E-state index in [0.29, 0.717) is 0 Å². The number of nitrogens with zero attached hydrogens (tertiary/aromatic N) is 2. The molecule has 30 heavy (non-hydrogen) atoms. The molecule has 0 radical (unpaired) electrons. The van der Waals surface area contributed by atoms with Crippen molar-refractivity contribution in [1.82, 2.24) is 0 Å². The molecule has 2 aromatic heterocycles. The van der Waals surface area contributed by atoms with Crippen LogP contribution in [-0.4, -0.2) is 0 Å². The Labute approximate surface area is 182 Å². The number of nitrogens with two attached hydrogens (primary N) is 2. The molecule has 0 bridgehead atoms. The Morgan fingerprint density at radius 3 is 1.23 bits per heavy atom.